The van der Waals surface area contributed by atoms with Crippen LogP contribution in [-0.2, 0) is 11.8 Å². The number of aliphatic carboxylic acids is 1. The number of hydrogen-bond acceptors (Lipinski definition) is 4. The van der Waals surface area contributed by atoms with Crippen molar-refractivity contribution in [2.75, 3.05) is 0 Å². The standard InChI is InChI=1S/C14H13N3O5/c1-17-11(9(7-15-17)13(19)20)12(18)16-10(14(21)22)8-5-3-2-4-6-8/h2-7,10H,1H3,(H,16,18)(H,19,20)(H,21,22). The van der Waals surface area contributed by atoms with Gasteiger partial charge in [0.25, 0.3) is 5.91 Å². The predicted octanol–water partition coefficient (Wildman–Crippen LogP) is 0.674. The molecular formula is C14H13N3O5. The van der Waals surface area contributed by atoms with Crippen molar-refractivity contribution < 1.29 is 24.6 Å². The number of rotatable bonds is 5. The Morgan fingerprint density at radius 3 is 2.36 bits per heavy atom. The minimum Gasteiger partial charge on any atom is -0.479 e. The smallest absolute Gasteiger partial charge is 0.339 e. The van der Waals surface area contributed by atoms with Gasteiger partial charge >= 0.3 is 11.9 Å². The first-order chi connectivity index (χ1) is 10.4. The van der Waals surface area contributed by atoms with Crippen LogP contribution in [0, 0.1) is 0 Å². The topological polar surface area (TPSA) is 122 Å². The summed E-state index contributed by atoms with van der Waals surface area (Å²) in [6.07, 6.45) is 1.04. The first-order valence-electron chi connectivity index (χ1n) is 6.25. The number of amides is 1. The zero-order chi connectivity index (χ0) is 16.3. The Hall–Kier alpha value is -3.16. The van der Waals surface area contributed by atoms with Gasteiger partial charge < -0.3 is 15.5 Å². The van der Waals surface area contributed by atoms with Crippen molar-refractivity contribution in [2.45, 2.75) is 6.04 Å². The summed E-state index contributed by atoms with van der Waals surface area (Å²) in [6.45, 7) is 0. The van der Waals surface area contributed by atoms with Gasteiger partial charge in [0, 0.05) is 7.05 Å². The summed E-state index contributed by atoms with van der Waals surface area (Å²) >= 11 is 0. The van der Waals surface area contributed by atoms with Crippen molar-refractivity contribution in [2.24, 2.45) is 7.05 Å². The Morgan fingerprint density at radius 2 is 1.82 bits per heavy atom. The second kappa shape index (κ2) is 6.08. The van der Waals surface area contributed by atoms with E-state index in [1.165, 1.54) is 7.05 Å². The average molecular weight is 303 g/mol. The number of carbonyl (C=O) groups excluding carboxylic acids is 1. The highest BCUT2D eigenvalue weighted by molar-refractivity contribution is 6.04. The molecule has 1 amide bonds. The van der Waals surface area contributed by atoms with Crippen molar-refractivity contribution in [3.63, 3.8) is 0 Å². The molecular weight excluding hydrogens is 290 g/mol. The van der Waals surface area contributed by atoms with Gasteiger partial charge in [-0.3, -0.25) is 9.48 Å². The maximum atomic E-state index is 12.2. The Labute approximate surface area is 125 Å². The van der Waals surface area contributed by atoms with Gasteiger partial charge in [0.15, 0.2) is 6.04 Å². The van der Waals surface area contributed by atoms with Crippen LogP contribution in [0.25, 0.3) is 0 Å². The van der Waals surface area contributed by atoms with Crippen LogP contribution in [0.2, 0.25) is 0 Å². The monoisotopic (exact) mass is 303 g/mol. The van der Waals surface area contributed by atoms with Gasteiger partial charge in [-0.25, -0.2) is 9.59 Å². The largest absolute Gasteiger partial charge is 0.479 e. The zero-order valence-electron chi connectivity index (χ0n) is 11.6. The summed E-state index contributed by atoms with van der Waals surface area (Å²) in [7, 11) is 1.40. The average Bonchev–Trinajstić information content (AvgIpc) is 2.87. The predicted molar refractivity (Wildman–Crippen MR) is 74.5 cm³/mol. The number of hydrogen-bond donors (Lipinski definition) is 3. The number of aromatic nitrogens is 2. The van der Waals surface area contributed by atoms with Crippen LogP contribution < -0.4 is 5.32 Å². The fourth-order valence-corrected chi connectivity index (χ4v) is 2.00. The molecule has 2 rings (SSSR count). The molecule has 0 saturated carbocycles. The molecule has 0 fully saturated rings. The van der Waals surface area contributed by atoms with E-state index in [0.29, 0.717) is 5.56 Å². The van der Waals surface area contributed by atoms with Crippen LogP contribution in [-0.4, -0.2) is 37.8 Å². The van der Waals surface area contributed by atoms with Crippen LogP contribution in [0.1, 0.15) is 32.5 Å². The Bertz CT molecular complexity index is 723. The van der Waals surface area contributed by atoms with Crippen molar-refractivity contribution >= 4 is 17.8 Å². The Morgan fingerprint density at radius 1 is 1.18 bits per heavy atom. The molecule has 2 aromatic rings. The molecule has 1 heterocycles. The highest BCUT2D eigenvalue weighted by Gasteiger charge is 2.27. The zero-order valence-corrected chi connectivity index (χ0v) is 11.6. The summed E-state index contributed by atoms with van der Waals surface area (Å²) in [5.41, 5.74) is -0.130. The quantitative estimate of drug-likeness (QED) is 0.746. The molecule has 1 atom stereocenters. The first-order valence-corrected chi connectivity index (χ1v) is 6.25. The summed E-state index contributed by atoms with van der Waals surface area (Å²) < 4.78 is 1.09. The number of nitrogens with zero attached hydrogens (tertiary/aromatic N) is 2. The SMILES string of the molecule is Cn1ncc(C(=O)O)c1C(=O)NC(C(=O)O)c1ccccc1. The second-order valence-electron chi connectivity index (χ2n) is 4.49. The van der Waals surface area contributed by atoms with Crippen molar-refractivity contribution in [1.82, 2.24) is 15.1 Å². The van der Waals surface area contributed by atoms with Crippen LogP contribution in [0.3, 0.4) is 0 Å². The number of benzene rings is 1. The van der Waals surface area contributed by atoms with Gasteiger partial charge in [-0.2, -0.15) is 5.10 Å². The Kier molecular flexibility index (Phi) is 4.21. The molecule has 22 heavy (non-hydrogen) atoms. The van der Waals surface area contributed by atoms with Gasteiger partial charge in [0.2, 0.25) is 0 Å². The minimum atomic E-state index is -1.31. The molecule has 1 unspecified atom stereocenters. The van der Waals surface area contributed by atoms with E-state index in [9.17, 15) is 19.5 Å². The second-order valence-corrected chi connectivity index (χ2v) is 4.49. The molecule has 1 aromatic carbocycles. The van der Waals surface area contributed by atoms with Crippen LogP contribution in [0.4, 0.5) is 0 Å². The number of carboxylic acid groups (broad SMARTS) is 2. The lowest BCUT2D eigenvalue weighted by atomic mass is 10.1. The number of aromatic carboxylic acids is 1. The molecule has 0 spiro atoms. The lowest BCUT2D eigenvalue weighted by Gasteiger charge is -2.15. The van der Waals surface area contributed by atoms with E-state index >= 15 is 0 Å². The van der Waals surface area contributed by atoms with E-state index < -0.39 is 23.9 Å². The van der Waals surface area contributed by atoms with Gasteiger partial charge in [0.1, 0.15) is 11.3 Å². The van der Waals surface area contributed by atoms with Crippen LogP contribution in [0.5, 0.6) is 0 Å². The third kappa shape index (κ3) is 2.95. The highest BCUT2D eigenvalue weighted by atomic mass is 16.4. The number of aryl methyl sites for hydroxylation is 1. The normalized spacial score (nSPS) is 11.7. The maximum Gasteiger partial charge on any atom is 0.339 e. The van der Waals surface area contributed by atoms with E-state index in [1.807, 2.05) is 0 Å². The highest BCUT2D eigenvalue weighted by Crippen LogP contribution is 2.15. The molecule has 3 N–H and O–H groups in total. The lowest BCUT2D eigenvalue weighted by molar-refractivity contribution is -0.139. The molecule has 0 aliphatic rings. The van der Waals surface area contributed by atoms with E-state index in [1.54, 1.807) is 30.3 Å². The number of nitrogens with one attached hydrogen (secondary N) is 1. The first kappa shape index (κ1) is 15.2. The molecule has 0 aliphatic heterocycles. The molecule has 0 bridgehead atoms. The molecule has 0 saturated heterocycles. The maximum absolute atomic E-state index is 12.2. The Balaban J connectivity index is 2.32. The number of carbonyl (C=O) groups is 3. The van der Waals surface area contributed by atoms with Gasteiger partial charge in [-0.15, -0.1) is 0 Å². The van der Waals surface area contributed by atoms with Crippen molar-refractivity contribution in [1.29, 1.82) is 0 Å². The van der Waals surface area contributed by atoms with Gasteiger partial charge in [-0.1, -0.05) is 30.3 Å². The third-order valence-corrected chi connectivity index (χ3v) is 3.04. The van der Waals surface area contributed by atoms with E-state index in [2.05, 4.69) is 10.4 Å². The van der Waals surface area contributed by atoms with Crippen LogP contribution >= 0.6 is 0 Å². The molecule has 0 aliphatic carbocycles. The number of carboxylic acids is 2. The fourth-order valence-electron chi connectivity index (χ4n) is 2.00. The van der Waals surface area contributed by atoms with E-state index in [0.717, 1.165) is 10.9 Å². The molecule has 8 nitrogen and oxygen atoms in total. The van der Waals surface area contributed by atoms with E-state index in [4.69, 9.17) is 5.11 Å². The van der Waals surface area contributed by atoms with Crippen molar-refractivity contribution in [3.05, 3.63) is 53.3 Å². The minimum absolute atomic E-state index is 0.213. The molecule has 0 radical (unpaired) electrons. The molecule has 1 aromatic heterocycles. The summed E-state index contributed by atoms with van der Waals surface area (Å²) in [4.78, 5) is 34.7. The van der Waals surface area contributed by atoms with Crippen molar-refractivity contribution in [3.8, 4) is 0 Å². The van der Waals surface area contributed by atoms with Gasteiger partial charge in [0.05, 0.1) is 6.20 Å². The summed E-state index contributed by atoms with van der Waals surface area (Å²) in [5.74, 6) is -3.39. The van der Waals surface area contributed by atoms with E-state index in [-0.39, 0.29) is 11.3 Å². The van der Waals surface area contributed by atoms with Crippen LogP contribution in [0.15, 0.2) is 36.5 Å². The fraction of sp³-hybridized carbons (Fsp3) is 0.143. The lowest BCUT2D eigenvalue weighted by Crippen LogP contribution is -2.35. The molecule has 8 heteroatoms. The summed E-state index contributed by atoms with van der Waals surface area (Å²) in [6, 6.07) is 6.83. The van der Waals surface area contributed by atoms with Gasteiger partial charge in [-0.05, 0) is 5.56 Å². The summed E-state index contributed by atoms with van der Waals surface area (Å²) in [5, 5.41) is 24.3. The third-order valence-electron chi connectivity index (χ3n) is 3.04. The molecule has 114 valence electrons.